The van der Waals surface area contributed by atoms with Gasteiger partial charge >= 0.3 is 18.0 Å². The van der Waals surface area contributed by atoms with E-state index in [1.807, 2.05) is 30.3 Å². The summed E-state index contributed by atoms with van der Waals surface area (Å²) >= 11 is 0. The van der Waals surface area contributed by atoms with Crippen molar-refractivity contribution in [1.82, 2.24) is 5.32 Å². The second-order valence-corrected chi connectivity index (χ2v) is 18.1. The average Bonchev–Trinajstić information content (AvgIpc) is 3.16. The van der Waals surface area contributed by atoms with E-state index >= 15 is 4.79 Å². The normalized spacial score (nSPS) is 33.5. The molecule has 0 unspecified atom stereocenters. The molecule has 3 aliphatic carbocycles. The van der Waals surface area contributed by atoms with Crippen molar-refractivity contribution in [1.29, 1.82) is 0 Å². The zero-order valence-electron chi connectivity index (χ0n) is 35.4. The summed E-state index contributed by atoms with van der Waals surface area (Å²) in [5, 5.41) is 39.2. The van der Waals surface area contributed by atoms with Gasteiger partial charge in [0.25, 0.3) is 0 Å². The lowest BCUT2D eigenvalue weighted by Crippen LogP contribution is -2.81. The number of esters is 2. The first kappa shape index (κ1) is 44.4. The van der Waals surface area contributed by atoms with Gasteiger partial charge in [-0.2, -0.15) is 0 Å². The van der Waals surface area contributed by atoms with E-state index in [2.05, 4.69) is 5.32 Å². The number of carbonyl (C=O) groups excluding carboxylic acids is 4. The van der Waals surface area contributed by atoms with Crippen molar-refractivity contribution >= 4 is 23.8 Å². The number of rotatable bonds is 11. The Morgan fingerprint density at radius 1 is 1.02 bits per heavy atom. The molecule has 2 aromatic rings. The van der Waals surface area contributed by atoms with Crippen LogP contribution in [0, 0.1) is 22.7 Å². The van der Waals surface area contributed by atoms with Crippen LogP contribution in [0.5, 0.6) is 0 Å². The number of amides is 1. The SMILES string of the molecule is CO[C@H]1C[C@H]2OC[C@@]2(OC(C)=O)[C@H]2[C@H](OCc3ccccc3)[C@]3(O)C[C@H](OC(=O)[C@H](O)[C@@H](NC(=O)OC(C)(C)C)c4ccccc4)C(C)=C([C@@H](CO)C(=O)[C@]12C)C3(C)C. The lowest BCUT2D eigenvalue weighted by atomic mass is 9.43. The van der Waals surface area contributed by atoms with E-state index in [-0.39, 0.29) is 26.1 Å². The minimum absolute atomic E-state index is 0.0241. The number of nitrogens with one attached hydrogen (secondary N) is 1. The molecule has 0 radical (unpaired) electrons. The number of ether oxygens (including phenoxy) is 6. The molecule has 4 aliphatic rings. The van der Waals surface area contributed by atoms with Crippen molar-refractivity contribution in [2.75, 3.05) is 20.3 Å². The van der Waals surface area contributed by atoms with E-state index in [1.165, 1.54) is 14.0 Å². The minimum Gasteiger partial charge on any atom is -0.456 e. The lowest BCUT2D eigenvalue weighted by Gasteiger charge is -2.68. The van der Waals surface area contributed by atoms with Crippen LogP contribution in [0.1, 0.15) is 85.4 Å². The fourth-order valence-corrected chi connectivity index (χ4v) is 10.4. The van der Waals surface area contributed by atoms with Gasteiger partial charge in [-0.1, -0.05) is 74.5 Å². The maximum Gasteiger partial charge on any atom is 0.408 e. The molecule has 14 nitrogen and oxygen atoms in total. The molecule has 14 heteroatoms. The first-order valence-corrected chi connectivity index (χ1v) is 20.2. The zero-order chi connectivity index (χ0) is 43.3. The zero-order valence-corrected chi connectivity index (χ0v) is 35.4. The first-order valence-electron chi connectivity index (χ1n) is 20.2. The van der Waals surface area contributed by atoms with Crippen LogP contribution in [-0.4, -0.2) is 107 Å². The van der Waals surface area contributed by atoms with Crippen LogP contribution in [0.15, 0.2) is 71.8 Å². The lowest BCUT2D eigenvalue weighted by molar-refractivity contribution is -0.352. The molecule has 1 saturated heterocycles. The number of ketones is 1. The summed E-state index contributed by atoms with van der Waals surface area (Å²) in [6, 6.07) is 16.3. The minimum atomic E-state index is -2.01. The Balaban J connectivity index is 1.50. The molecule has 322 valence electrons. The van der Waals surface area contributed by atoms with Crippen LogP contribution in [0.25, 0.3) is 0 Å². The monoisotopic (exact) mass is 821 g/mol. The smallest absolute Gasteiger partial charge is 0.408 e. The summed E-state index contributed by atoms with van der Waals surface area (Å²) in [4.78, 5) is 55.7. The van der Waals surface area contributed by atoms with E-state index in [0.29, 0.717) is 16.7 Å². The van der Waals surface area contributed by atoms with Gasteiger partial charge < -0.3 is 49.1 Å². The van der Waals surface area contributed by atoms with Gasteiger partial charge in [-0.15, -0.1) is 0 Å². The molecule has 2 bridgehead atoms. The summed E-state index contributed by atoms with van der Waals surface area (Å²) in [6.07, 6.45) is -7.05. The average molecular weight is 822 g/mol. The highest BCUT2D eigenvalue weighted by Crippen LogP contribution is 2.65. The summed E-state index contributed by atoms with van der Waals surface area (Å²) < 4.78 is 36.9. The molecule has 11 atom stereocenters. The van der Waals surface area contributed by atoms with Crippen molar-refractivity contribution in [3.8, 4) is 0 Å². The molecule has 1 aliphatic heterocycles. The van der Waals surface area contributed by atoms with Crippen molar-refractivity contribution < 1.29 is 62.9 Å². The van der Waals surface area contributed by atoms with Crippen LogP contribution >= 0.6 is 0 Å². The fraction of sp³-hybridized carbons (Fsp3) is 0.600. The van der Waals surface area contributed by atoms with Crippen LogP contribution in [0.2, 0.25) is 0 Å². The van der Waals surface area contributed by atoms with Gasteiger partial charge in [0, 0.05) is 38.2 Å². The highest BCUT2D eigenvalue weighted by atomic mass is 16.6. The van der Waals surface area contributed by atoms with Gasteiger partial charge in [0.1, 0.15) is 23.4 Å². The fourth-order valence-electron chi connectivity index (χ4n) is 10.4. The molecule has 4 N–H and O–H groups in total. The molecule has 1 heterocycles. The molecular weight excluding hydrogens is 762 g/mol. The van der Waals surface area contributed by atoms with E-state index in [9.17, 15) is 29.7 Å². The molecule has 0 spiro atoms. The third-order valence-electron chi connectivity index (χ3n) is 13.2. The molecule has 0 aromatic heterocycles. The first-order chi connectivity index (χ1) is 27.7. The molecule has 1 amide bonds. The largest absolute Gasteiger partial charge is 0.456 e. The van der Waals surface area contributed by atoms with Crippen LogP contribution < -0.4 is 5.32 Å². The van der Waals surface area contributed by atoms with E-state index in [4.69, 9.17) is 28.4 Å². The number of benzene rings is 2. The van der Waals surface area contributed by atoms with Gasteiger partial charge in [0.2, 0.25) is 0 Å². The maximum atomic E-state index is 15.5. The summed E-state index contributed by atoms with van der Waals surface area (Å²) in [5.41, 5.74) is -5.31. The van der Waals surface area contributed by atoms with E-state index in [0.717, 1.165) is 5.56 Å². The van der Waals surface area contributed by atoms with E-state index < -0.39 is 106 Å². The second-order valence-electron chi connectivity index (χ2n) is 18.1. The highest BCUT2D eigenvalue weighted by molar-refractivity contribution is 5.92. The summed E-state index contributed by atoms with van der Waals surface area (Å²) in [6.45, 7) is 12.5. The van der Waals surface area contributed by atoms with E-state index in [1.54, 1.807) is 78.8 Å². The molecular formula is C45H59NO13. The number of aliphatic hydroxyl groups excluding tert-OH is 2. The van der Waals surface area contributed by atoms with Gasteiger partial charge in [-0.05, 0) is 56.9 Å². The molecule has 6 rings (SSSR count). The summed E-state index contributed by atoms with van der Waals surface area (Å²) in [5.74, 6) is -4.51. The Morgan fingerprint density at radius 3 is 2.19 bits per heavy atom. The molecule has 3 fully saturated rings. The van der Waals surface area contributed by atoms with Crippen LogP contribution in [0.4, 0.5) is 4.79 Å². The van der Waals surface area contributed by atoms with Crippen LogP contribution in [0.3, 0.4) is 0 Å². The summed E-state index contributed by atoms with van der Waals surface area (Å²) in [7, 11) is 1.48. The van der Waals surface area contributed by atoms with Gasteiger partial charge in [0.05, 0.1) is 49.4 Å². The number of methoxy groups -OCH3 is 1. The Hall–Kier alpha value is -4.18. The van der Waals surface area contributed by atoms with Crippen LogP contribution in [-0.2, 0) is 49.4 Å². The Labute approximate surface area is 345 Å². The molecule has 2 saturated carbocycles. The highest BCUT2D eigenvalue weighted by Gasteiger charge is 2.77. The number of Topliss-reactive ketones (excluding diaryl/α,β-unsaturated/α-hetero) is 1. The Morgan fingerprint density at radius 2 is 1.64 bits per heavy atom. The number of fused-ring (bicyclic) bond motifs is 5. The van der Waals surface area contributed by atoms with Crippen molar-refractivity contribution in [2.45, 2.75) is 128 Å². The predicted octanol–water partition coefficient (Wildman–Crippen LogP) is 4.52. The maximum absolute atomic E-state index is 15.5. The molecule has 59 heavy (non-hydrogen) atoms. The standard InChI is InChI=1S/C45H59NO13/c1-25-30(57-39(51)35(49)34(28-18-14-11-15-19-28)46-40(52)59-41(3,4)5)21-45(53)38(55-23-27-16-12-10-13-17-27)36-43(8,37(50)29(22-47)33(25)42(45,6)7)31(54-9)20-32-44(36,24-56-32)58-26(2)48/h10-19,29-32,34-36,38,47,49,53H,20-24H2,1-9H3,(H,46,52)/t29-,30+,31+,32-,34+,35-,36+,38+,43-,44+,45-/m1/s1. The third kappa shape index (κ3) is 7.72. The number of aliphatic hydroxyl groups is 3. The Bertz CT molecular complexity index is 1930. The topological polar surface area (TPSA) is 196 Å². The molecule has 2 aromatic carbocycles. The van der Waals surface area contributed by atoms with Gasteiger partial charge in [-0.25, -0.2) is 9.59 Å². The van der Waals surface area contributed by atoms with Crippen molar-refractivity contribution in [2.24, 2.45) is 22.7 Å². The Kier molecular flexibility index (Phi) is 12.3. The second kappa shape index (κ2) is 16.4. The van der Waals surface area contributed by atoms with Crippen molar-refractivity contribution in [3.63, 3.8) is 0 Å². The number of carbonyl (C=O) groups is 4. The number of hydrogen-bond acceptors (Lipinski definition) is 13. The third-order valence-corrected chi connectivity index (χ3v) is 13.2. The van der Waals surface area contributed by atoms with Gasteiger partial charge in [0.15, 0.2) is 17.5 Å². The van der Waals surface area contributed by atoms with Gasteiger partial charge in [-0.3, -0.25) is 9.59 Å². The number of hydrogen-bond donors (Lipinski definition) is 4. The predicted molar refractivity (Wildman–Crippen MR) is 212 cm³/mol. The number of alkyl carbamates (subject to hydrolysis) is 1. The van der Waals surface area contributed by atoms with Crippen molar-refractivity contribution in [3.05, 3.63) is 82.9 Å². The quantitative estimate of drug-likeness (QED) is 0.141.